The molecule has 1 saturated heterocycles. The van der Waals surface area contributed by atoms with Crippen LogP contribution in [0, 0.1) is 11.3 Å². The molecule has 1 aromatic rings. The van der Waals surface area contributed by atoms with Crippen molar-refractivity contribution in [2.75, 3.05) is 6.61 Å². The third kappa shape index (κ3) is 5.16. The number of halogens is 3. The van der Waals surface area contributed by atoms with Crippen LogP contribution in [0.15, 0.2) is 35.4 Å². The molecule has 1 aromatic carbocycles. The van der Waals surface area contributed by atoms with Gasteiger partial charge in [0.2, 0.25) is 12.2 Å². The molecular weight excluding hydrogens is 407 g/mol. The van der Waals surface area contributed by atoms with Gasteiger partial charge in [0.1, 0.15) is 0 Å². The second-order valence-electron chi connectivity index (χ2n) is 5.51. The van der Waals surface area contributed by atoms with Gasteiger partial charge in [0.25, 0.3) is 3.79 Å². The Bertz CT molecular complexity index is 707. The number of alkyl halides is 3. The zero-order valence-corrected chi connectivity index (χ0v) is 15.8. The summed E-state index contributed by atoms with van der Waals surface area (Å²) in [6.07, 6.45) is -2.18. The molecule has 0 aliphatic carbocycles. The van der Waals surface area contributed by atoms with Gasteiger partial charge in [0.05, 0.1) is 18.2 Å². The largest absolute Gasteiger partial charge is 0.452 e. The van der Waals surface area contributed by atoms with Gasteiger partial charge >= 0.3 is 5.97 Å². The molecule has 2 rings (SSSR count). The summed E-state index contributed by atoms with van der Waals surface area (Å²) in [5.74, 6) is -1.76. The lowest BCUT2D eigenvalue weighted by Gasteiger charge is -2.39. The van der Waals surface area contributed by atoms with Crippen molar-refractivity contribution in [1.29, 1.82) is 5.41 Å². The van der Waals surface area contributed by atoms with Crippen LogP contribution in [0.1, 0.15) is 17.3 Å². The van der Waals surface area contributed by atoms with Crippen LogP contribution >= 0.6 is 34.8 Å². The number of ether oxygens (including phenoxy) is 3. The van der Waals surface area contributed by atoms with Crippen LogP contribution in [0.3, 0.4) is 0 Å². The molecule has 26 heavy (non-hydrogen) atoms. The first-order valence-electron chi connectivity index (χ1n) is 7.48. The van der Waals surface area contributed by atoms with E-state index in [1.54, 1.807) is 37.3 Å². The number of benzene rings is 1. The van der Waals surface area contributed by atoms with Crippen molar-refractivity contribution in [3.63, 3.8) is 0 Å². The number of azide groups is 1. The number of carbonyl (C=O) groups excluding carboxylic acids is 1. The molecule has 140 valence electrons. The Labute approximate surface area is 164 Å². The van der Waals surface area contributed by atoms with Crippen molar-refractivity contribution in [2.24, 2.45) is 11.0 Å². The normalized spacial score (nSPS) is 25.7. The van der Waals surface area contributed by atoms with E-state index >= 15 is 0 Å². The van der Waals surface area contributed by atoms with Crippen molar-refractivity contribution in [3.8, 4) is 0 Å². The molecule has 0 bridgehead atoms. The molecule has 1 aliphatic heterocycles. The summed E-state index contributed by atoms with van der Waals surface area (Å²) in [6, 6.07) is 7.71. The lowest BCUT2D eigenvalue weighted by molar-refractivity contribution is -0.201. The maximum Gasteiger partial charge on any atom is 0.338 e. The highest BCUT2D eigenvalue weighted by atomic mass is 35.6. The summed E-state index contributed by atoms with van der Waals surface area (Å²) in [5.41, 5.74) is 9.00. The Kier molecular flexibility index (Phi) is 6.97. The summed E-state index contributed by atoms with van der Waals surface area (Å²) in [5, 5.41) is 11.3. The molecule has 0 aromatic heterocycles. The van der Waals surface area contributed by atoms with Gasteiger partial charge in [-0.1, -0.05) is 65.0 Å². The fourth-order valence-electron chi connectivity index (χ4n) is 2.32. The van der Waals surface area contributed by atoms with Gasteiger partial charge in [-0.3, -0.25) is 5.41 Å². The highest BCUT2D eigenvalue weighted by molar-refractivity contribution is 6.76. The molecule has 1 heterocycles. The molecule has 11 heteroatoms. The first-order valence-corrected chi connectivity index (χ1v) is 8.61. The van der Waals surface area contributed by atoms with Crippen LogP contribution in [0.2, 0.25) is 0 Å². The third-order valence-electron chi connectivity index (χ3n) is 3.77. The number of nitrogens with zero attached hydrogens (tertiary/aromatic N) is 3. The molecule has 0 saturated carbocycles. The summed E-state index contributed by atoms with van der Waals surface area (Å²) in [6.45, 7) is 1.71. The monoisotopic (exact) mass is 420 g/mol. The van der Waals surface area contributed by atoms with Crippen molar-refractivity contribution in [1.82, 2.24) is 0 Å². The van der Waals surface area contributed by atoms with Crippen LogP contribution in [-0.2, 0) is 14.2 Å². The maximum absolute atomic E-state index is 12.4. The van der Waals surface area contributed by atoms with Gasteiger partial charge in [-0.2, -0.15) is 0 Å². The van der Waals surface area contributed by atoms with Crippen LogP contribution in [0.5, 0.6) is 0 Å². The fraction of sp³-hybridized carbons (Fsp3) is 0.467. The average molecular weight is 422 g/mol. The molecule has 1 aliphatic rings. The van der Waals surface area contributed by atoms with E-state index in [0.29, 0.717) is 5.56 Å². The van der Waals surface area contributed by atoms with Crippen LogP contribution in [0.25, 0.3) is 10.4 Å². The molecule has 0 radical (unpaired) electrons. The molecule has 1 unspecified atom stereocenters. The average Bonchev–Trinajstić information content (AvgIpc) is 2.60. The molecule has 4 atom stereocenters. The number of rotatable bonds is 4. The number of esters is 1. The lowest BCUT2D eigenvalue weighted by atomic mass is 9.93. The summed E-state index contributed by atoms with van der Waals surface area (Å²) < 4.78 is 14.1. The van der Waals surface area contributed by atoms with Gasteiger partial charge in [-0.15, -0.1) is 0 Å². The van der Waals surface area contributed by atoms with Gasteiger partial charge < -0.3 is 14.2 Å². The van der Waals surface area contributed by atoms with Crippen molar-refractivity contribution in [3.05, 3.63) is 46.3 Å². The molecule has 8 nitrogen and oxygen atoms in total. The Morgan fingerprint density at radius 1 is 1.35 bits per heavy atom. The first-order chi connectivity index (χ1) is 12.2. The first kappa shape index (κ1) is 20.6. The van der Waals surface area contributed by atoms with Crippen LogP contribution in [-0.4, -0.2) is 40.7 Å². The maximum atomic E-state index is 12.4. The number of hydrogen-bond donors (Lipinski definition) is 1. The summed E-state index contributed by atoms with van der Waals surface area (Å²) >= 11 is 16.9. The van der Waals surface area contributed by atoms with E-state index in [-0.39, 0.29) is 6.61 Å². The predicted molar refractivity (Wildman–Crippen MR) is 96.6 cm³/mol. The minimum Gasteiger partial charge on any atom is -0.452 e. The second kappa shape index (κ2) is 8.79. The Morgan fingerprint density at radius 2 is 2.00 bits per heavy atom. The fourth-order valence-corrected chi connectivity index (χ4v) is 2.46. The van der Waals surface area contributed by atoms with Crippen LogP contribution < -0.4 is 0 Å². The van der Waals surface area contributed by atoms with E-state index < -0.39 is 40.0 Å². The Balaban J connectivity index is 2.21. The molecule has 1 N–H and O–H groups in total. The van der Waals surface area contributed by atoms with Gasteiger partial charge in [-0.25, -0.2) is 4.79 Å². The smallest absolute Gasteiger partial charge is 0.338 e. The topological polar surface area (TPSA) is 117 Å². The highest BCUT2D eigenvalue weighted by Crippen LogP contribution is 2.32. The van der Waals surface area contributed by atoms with E-state index in [0.717, 1.165) is 0 Å². The number of carbonyl (C=O) groups is 1. The van der Waals surface area contributed by atoms with E-state index in [1.165, 1.54) is 0 Å². The van der Waals surface area contributed by atoms with Crippen molar-refractivity contribution < 1.29 is 19.0 Å². The van der Waals surface area contributed by atoms with Gasteiger partial charge in [0, 0.05) is 10.8 Å². The number of hydrogen-bond acceptors (Lipinski definition) is 6. The molecule has 0 amide bonds. The molecular formula is C15H15Cl3N4O4. The third-order valence-corrected chi connectivity index (χ3v) is 4.28. The van der Waals surface area contributed by atoms with Crippen molar-refractivity contribution >= 4 is 46.7 Å². The minimum atomic E-state index is -2.09. The van der Waals surface area contributed by atoms with E-state index in [4.69, 9.17) is 60.0 Å². The van der Waals surface area contributed by atoms with Gasteiger partial charge in [-0.05, 0) is 17.7 Å². The summed E-state index contributed by atoms with van der Waals surface area (Å²) in [4.78, 5) is 15.1. The van der Waals surface area contributed by atoms with E-state index in [9.17, 15) is 4.79 Å². The summed E-state index contributed by atoms with van der Waals surface area (Å²) in [7, 11) is 0. The predicted octanol–water partition coefficient (Wildman–Crippen LogP) is 4.25. The van der Waals surface area contributed by atoms with E-state index in [2.05, 4.69) is 10.0 Å². The zero-order chi connectivity index (χ0) is 19.3. The highest BCUT2D eigenvalue weighted by Gasteiger charge is 2.44. The SMILES string of the molecule is C[C@@H]1[C@@H](N=[N+]=[N-])COC(OC(=N)C(Cl)(Cl)Cl)[C@H]1OC(=O)c1ccccc1. The Morgan fingerprint density at radius 3 is 2.58 bits per heavy atom. The second-order valence-corrected chi connectivity index (χ2v) is 7.80. The van der Waals surface area contributed by atoms with E-state index in [1.807, 2.05) is 0 Å². The molecule has 1 fully saturated rings. The standard InChI is InChI=1S/C15H15Cl3N4O4/c1-8-10(21-22-20)7-24-13(26-14(19)15(16,17)18)11(8)25-12(23)9-5-3-2-4-6-9/h2-6,8,10-11,13,19H,7H2,1H3/t8-,10+,11+,13?/m1/s1. The van der Waals surface area contributed by atoms with Gasteiger partial charge in [0.15, 0.2) is 6.10 Å². The Hall–Kier alpha value is -1.70. The lowest BCUT2D eigenvalue weighted by Crippen LogP contribution is -2.51. The van der Waals surface area contributed by atoms with Crippen molar-refractivity contribution in [2.45, 2.75) is 29.2 Å². The molecule has 0 spiro atoms. The minimum absolute atomic E-state index is 0.00240. The zero-order valence-electron chi connectivity index (χ0n) is 13.5. The van der Waals surface area contributed by atoms with Crippen LogP contribution in [0.4, 0.5) is 0 Å². The quantitative estimate of drug-likeness (QED) is 0.149. The number of nitrogens with one attached hydrogen (secondary N) is 1.